The van der Waals surface area contributed by atoms with Crippen LogP contribution < -0.4 is 85.0 Å². The van der Waals surface area contributed by atoms with Gasteiger partial charge in [0.1, 0.15) is 24.1 Å². The Balaban J connectivity index is 0.000000282. The molecule has 13 rings (SSSR count). The third kappa shape index (κ3) is 45.2. The fraction of sp³-hybridized carbons (Fsp3) is 0.513. The molecular weight excluding hydrogens is 2300 g/mol. The van der Waals surface area contributed by atoms with Crippen molar-refractivity contribution in [3.63, 3.8) is 0 Å². The summed E-state index contributed by atoms with van der Waals surface area (Å²) in [5.41, 5.74) is 21.4. The van der Waals surface area contributed by atoms with Crippen LogP contribution in [0.1, 0.15) is 90.2 Å². The van der Waals surface area contributed by atoms with Gasteiger partial charge in [-0.3, -0.25) is 56.8 Å². The monoisotopic (exact) mass is 2420 g/mol. The molecule has 0 radical (unpaired) electrons. The first kappa shape index (κ1) is 131. The van der Waals surface area contributed by atoms with E-state index in [1.807, 2.05) is 0 Å². The minimum atomic E-state index is -5.89. The van der Waals surface area contributed by atoms with Crippen molar-refractivity contribution in [2.24, 2.45) is 22.9 Å². The first-order chi connectivity index (χ1) is 68.5. The maximum absolute atomic E-state index is 12.7. The molecule has 62 nitrogen and oxygen atoms in total. The van der Waals surface area contributed by atoms with Gasteiger partial charge in [0.2, 0.25) is 7.37 Å². The largest absolute Gasteiger partial charge is 1.00 e. The Kier molecular flexibility index (Phi) is 51.8. The van der Waals surface area contributed by atoms with E-state index in [1.54, 1.807) is 118 Å². The zero-order valence-electron chi connectivity index (χ0n) is 80.2. The van der Waals surface area contributed by atoms with Crippen LogP contribution in [-0.4, -0.2) is 306 Å². The van der Waals surface area contributed by atoms with E-state index in [9.17, 15) is 99.7 Å². The van der Waals surface area contributed by atoms with Gasteiger partial charge in [0.05, 0.1) is 61.2 Å². The number of esters is 3. The summed E-state index contributed by atoms with van der Waals surface area (Å²) in [6, 6.07) is 23.9. The fourth-order valence-corrected chi connectivity index (χ4v) is 21.1. The van der Waals surface area contributed by atoms with Crippen molar-refractivity contribution in [3.05, 3.63) is 190 Å². The number of aliphatic hydroxyl groups excluding tert-OH is 2. The molecule has 1 aromatic heterocycles. The van der Waals surface area contributed by atoms with Crippen molar-refractivity contribution in [2.75, 3.05) is 58.2 Å². The summed E-state index contributed by atoms with van der Waals surface area (Å²) in [6.45, 7) is 14.1. The van der Waals surface area contributed by atoms with Crippen molar-refractivity contribution in [1.29, 1.82) is 0 Å². The van der Waals surface area contributed by atoms with Crippen LogP contribution in [0.5, 0.6) is 0 Å². The number of nitrogens with two attached hydrogens (primary N) is 4. The second-order valence-electron chi connectivity index (χ2n) is 32.5. The molecule has 9 aliphatic rings. The van der Waals surface area contributed by atoms with Gasteiger partial charge in [0.25, 0.3) is 5.56 Å². The summed E-state index contributed by atoms with van der Waals surface area (Å²) in [6.07, 6.45) is -9.43. The van der Waals surface area contributed by atoms with Gasteiger partial charge in [0, 0.05) is 75.8 Å². The van der Waals surface area contributed by atoms with Crippen molar-refractivity contribution < 1.29 is 247 Å². The Morgan fingerprint density at radius 1 is 0.423 bits per heavy atom. The number of benzene rings is 3. The Labute approximate surface area is 884 Å². The number of hydrogen-bond donors (Lipinski definition) is 20. The molecule has 10 heterocycles. The fourth-order valence-electron chi connectivity index (χ4n) is 13.2. The molecule has 830 valence electrons. The number of aromatic amines is 1. The van der Waals surface area contributed by atoms with E-state index < -0.39 is 257 Å². The van der Waals surface area contributed by atoms with Crippen LogP contribution in [0.15, 0.2) is 162 Å². The molecule has 149 heavy (non-hydrogen) atoms. The van der Waals surface area contributed by atoms with Gasteiger partial charge < -0.3 is 179 Å². The molecule has 9 aliphatic heterocycles. The van der Waals surface area contributed by atoms with Crippen LogP contribution in [0.25, 0.3) is 0 Å². The quantitative estimate of drug-likeness (QED) is 0.00735. The van der Waals surface area contributed by atoms with Gasteiger partial charge in [0.15, 0.2) is 106 Å². The topological polar surface area (TPSA) is 904 Å². The van der Waals surface area contributed by atoms with Crippen LogP contribution in [0.3, 0.4) is 0 Å². The predicted molar refractivity (Wildman–Crippen MR) is 516 cm³/mol. The van der Waals surface area contributed by atoms with Gasteiger partial charge in [-0.2, -0.15) is 8.62 Å². The minimum Gasteiger partial charge on any atom is -0.870 e. The second-order valence-corrected chi connectivity index (χ2v) is 60.4. The maximum atomic E-state index is 12.7. The number of H-pyrrole nitrogens is 1. The Hall–Kier alpha value is -6.70. The van der Waals surface area contributed by atoms with Gasteiger partial charge in [-0.05, 0) is 81.5 Å². The molecule has 3 aromatic carbocycles. The van der Waals surface area contributed by atoms with Gasteiger partial charge in [-0.25, -0.2) is 56.4 Å². The number of amides is 8. The Morgan fingerprint density at radius 3 is 1.04 bits per heavy atom. The first-order valence-electron chi connectivity index (χ1n) is 43.5. The van der Waals surface area contributed by atoms with E-state index in [-0.39, 0.29) is 99.7 Å². The van der Waals surface area contributed by atoms with Crippen molar-refractivity contribution in [3.8, 4) is 0 Å². The van der Waals surface area contributed by atoms with E-state index in [2.05, 4.69) is 80.6 Å². The van der Waals surface area contributed by atoms with E-state index in [1.165, 1.54) is 60.8 Å². The van der Waals surface area contributed by atoms with E-state index in [0.29, 0.717) is 16.7 Å². The third-order valence-corrected chi connectivity index (χ3v) is 28.9. The third-order valence-electron chi connectivity index (χ3n) is 19.0. The number of aliphatic hydroxyl groups is 2. The van der Waals surface area contributed by atoms with Crippen LogP contribution in [0.2, 0.25) is 19.6 Å². The van der Waals surface area contributed by atoms with Crippen LogP contribution in [-0.2, 0) is 125 Å². The SMILES string of the molecule is CCOP(=O)(CO[C@@H]1C[C@@H](OC(=O)c2ccccc2)[C@H](N2C=CC(N)NC2=O)O1)OCC.CCOP(C)(=O)CO[C@@H]1C[C@@H](OC(=O)c2ccccc2)[C@H](n2ccc(=O)[nH]c2=O)O1.C[Si](C)(C)I.NC1C=CN([C@@H]2O[C@H](OCP(=O)(O)O)C[C@@H]2O)C(=O)N1.NC1C=CN([C@@H]2O[C@H](OCP(=O)(O)O)C[C@H]2OC(=O)c2ccccc2)C(=O)N1.NC1C=CN([C@@H]2O[C@H](OCP(=O)(O)OP(=O)(O)OP(=O)(O)OP(=O)(O)O)C[C@@H]2O)C(=O)N1.[Na+].[OH-]. The number of rotatable bonds is 38. The number of nitrogens with zero attached hydrogens (tertiary/aromatic N) is 5. The summed E-state index contributed by atoms with van der Waals surface area (Å²) < 4.78 is 190. The zero-order chi connectivity index (χ0) is 109. The molecule has 5 saturated heterocycles. The van der Waals surface area contributed by atoms with E-state index in [4.69, 9.17) is 132 Å². The molecule has 0 aliphatic carbocycles. The number of nitrogens with one attached hydrogen (secondary N) is 5. The van der Waals surface area contributed by atoms with Crippen molar-refractivity contribution >= 4 is 131 Å². The van der Waals surface area contributed by atoms with Gasteiger partial charge in [-0.15, -0.1) is 21.8 Å². The molecule has 0 saturated carbocycles. The molecule has 4 aromatic rings. The number of carbonyl (C=O) groups excluding carboxylic acids is 7. The molecule has 5 fully saturated rings. The summed E-state index contributed by atoms with van der Waals surface area (Å²) in [5.74, 6) is -1.80. The Bertz CT molecular complexity index is 5760. The zero-order valence-corrected chi connectivity index (χ0v) is 92.5. The summed E-state index contributed by atoms with van der Waals surface area (Å²) in [7, 11) is -37.8. The van der Waals surface area contributed by atoms with Crippen LogP contribution in [0, 0.1) is 0 Å². The number of aromatic nitrogens is 2. The summed E-state index contributed by atoms with van der Waals surface area (Å²) in [5, 5.41) is 29.6. The van der Waals surface area contributed by atoms with Crippen LogP contribution in [0.4, 0.5) is 19.2 Å². The number of phosphoric acid groups is 3. The molecule has 8 unspecified atom stereocenters. The minimum absolute atomic E-state index is 0. The molecule has 73 heteroatoms. The number of halogens is 1. The molecule has 25 N–H and O–H groups in total. The molecule has 8 amide bonds. The van der Waals surface area contributed by atoms with E-state index in [0.717, 1.165) is 25.3 Å². The average Bonchev–Trinajstić information content (AvgIpc) is 1.68. The maximum Gasteiger partial charge on any atom is 1.00 e. The standard InChI is InChI=1S/C20H28N3O8P.C19H23N2O8P.C16H20N3O8P.C9H19N3O16P4.C9H16N3O7P.C3H9ISi.Na.H2O/c1-3-28-32(26,29-4-2)13-27-17-12-15(30-19(24)14-8-6-5-7-9-14)18(31-17)23-11-10-16(21)22-20(23)25;1-3-27-30(2,25)12-26-16-11-14(28-18(23)13-7-5-4-6-8-13)17(29-16)21-10-9-15(22)20-19(21)24;17-12-6-7-19(16(21)18-12)14-11(8-13(27-14)25-9-28(22,23)24)26-15(20)10-4-2-1-3-5-10;10-6-1-2-12(9(14)11-6)8-5(13)3-7(25-8)24-4-29(15,16)26-31(20,21)28-32(22,23)27-30(17,18)19;10-6-1-2-12(9(14)11-6)8-5(13)3-7(19-8)18-4-20(15,16)17;1-5(2,3)4;;/h5-11,15-18H,3-4,12-13,21H2,1-2H3,(H,22,25);4-10,14,16-17H,3,11-12H2,1-2H3,(H,20,22,24);1-7,11-14H,8-9,17H2,(H,18,21)(H2,22,23,24);1-2,5-8,13H,3-4,10H2,(H,11,14)(H,15,16)(H,20,21)(H,22,23)(H2,17,18,19);1-2,5-8,13H,3-4,10H2,(H,11,14)(H2,15,16,17);1-3H3;;1H2/q;;;;;;+1;/p-1/t15-,16?,17+,18-;14-,16+,17-,30?;11-,12?,13+,14-;2*5-,6?,7-,8+;;;/m11100.../s1. The molecule has 0 bridgehead atoms. The number of ether oxygens (including phenoxy) is 13. The molecule has 0 spiro atoms. The Morgan fingerprint density at radius 2 is 0.718 bits per heavy atom. The normalized spacial score (nSPS) is 27.2. The number of carbonyl (C=O) groups is 7. The van der Waals surface area contributed by atoms with Crippen molar-refractivity contribution in [1.82, 2.24) is 50.4 Å². The number of urea groups is 4. The van der Waals surface area contributed by atoms with E-state index >= 15 is 0 Å². The smallest absolute Gasteiger partial charge is 0.870 e. The summed E-state index contributed by atoms with van der Waals surface area (Å²) >= 11 is 2.52. The molecular formula is C76H116IN14NaO48P8Si. The van der Waals surface area contributed by atoms with Gasteiger partial charge in [-0.1, -0.05) is 74.2 Å². The first-order valence-corrected chi connectivity index (χ1v) is 63.9. The molecule has 23 atom stereocenters. The second kappa shape index (κ2) is 58.9. The average molecular weight is 2420 g/mol. The number of hydrogen-bond acceptors (Lipinski definition) is 43. The van der Waals surface area contributed by atoms with Gasteiger partial charge >= 0.3 is 131 Å². The summed E-state index contributed by atoms with van der Waals surface area (Å²) in [4.78, 5) is 196. The predicted octanol–water partition coefficient (Wildman–Crippen LogP) is 0.759. The van der Waals surface area contributed by atoms with Crippen LogP contribution >= 0.6 is 83.0 Å². The van der Waals surface area contributed by atoms with Crippen molar-refractivity contribution in [2.45, 2.75) is 190 Å².